The van der Waals surface area contributed by atoms with E-state index >= 15 is 0 Å². The van der Waals surface area contributed by atoms with Crippen molar-refractivity contribution < 1.29 is 18.8 Å². The van der Waals surface area contributed by atoms with Crippen LogP contribution in [-0.2, 0) is 9.59 Å². The van der Waals surface area contributed by atoms with Gasteiger partial charge in [-0.25, -0.2) is 9.18 Å². The molecular formula is C18H24FN3O3. The summed E-state index contributed by atoms with van der Waals surface area (Å²) < 4.78 is 13.1. The van der Waals surface area contributed by atoms with Crippen LogP contribution in [0.3, 0.4) is 0 Å². The van der Waals surface area contributed by atoms with Crippen LogP contribution in [0.5, 0.6) is 0 Å². The van der Waals surface area contributed by atoms with Crippen molar-refractivity contribution in [2.24, 2.45) is 0 Å². The minimum absolute atomic E-state index is 0.298. The van der Waals surface area contributed by atoms with E-state index < -0.39 is 23.8 Å². The third kappa shape index (κ3) is 4.55. The summed E-state index contributed by atoms with van der Waals surface area (Å²) in [4.78, 5) is 39.1. The number of nitrogens with one attached hydrogen (secondary N) is 1. The monoisotopic (exact) mass is 349 g/mol. The van der Waals surface area contributed by atoms with Gasteiger partial charge in [0.05, 0.1) is 0 Å². The van der Waals surface area contributed by atoms with Gasteiger partial charge in [0.25, 0.3) is 5.91 Å². The molecule has 1 atom stereocenters. The van der Waals surface area contributed by atoms with Crippen molar-refractivity contribution in [2.75, 3.05) is 18.0 Å². The Morgan fingerprint density at radius 1 is 1.16 bits per heavy atom. The van der Waals surface area contributed by atoms with Crippen molar-refractivity contribution in [1.82, 2.24) is 10.2 Å². The summed E-state index contributed by atoms with van der Waals surface area (Å²) in [6, 6.07) is 4.04. The first-order chi connectivity index (χ1) is 12.0. The molecule has 2 rings (SSSR count). The highest BCUT2D eigenvalue weighted by atomic mass is 19.1. The van der Waals surface area contributed by atoms with Crippen LogP contribution in [0.15, 0.2) is 24.3 Å². The lowest BCUT2D eigenvalue weighted by Crippen LogP contribution is -2.41. The minimum Gasteiger partial charge on any atom is -0.355 e. The lowest BCUT2D eigenvalue weighted by atomic mass is 10.2. The highest BCUT2D eigenvalue weighted by Crippen LogP contribution is 2.25. The number of carbonyl (C=O) groups excluding carboxylic acids is 3. The second-order valence-corrected chi connectivity index (χ2v) is 6.14. The number of hydrogen-bond acceptors (Lipinski definition) is 3. The van der Waals surface area contributed by atoms with Crippen LogP contribution in [0, 0.1) is 5.82 Å². The zero-order valence-corrected chi connectivity index (χ0v) is 14.6. The van der Waals surface area contributed by atoms with Crippen LogP contribution in [0.1, 0.15) is 39.5 Å². The molecule has 25 heavy (non-hydrogen) atoms. The molecule has 1 saturated heterocycles. The summed E-state index contributed by atoms with van der Waals surface area (Å²) in [5.74, 6) is -1.21. The maximum Gasteiger partial charge on any atom is 0.332 e. The van der Waals surface area contributed by atoms with Crippen molar-refractivity contribution >= 4 is 23.5 Å². The zero-order valence-electron chi connectivity index (χ0n) is 14.6. The van der Waals surface area contributed by atoms with Crippen molar-refractivity contribution in [3.8, 4) is 0 Å². The SMILES string of the molecule is CCCCCCNC(=O)CN1C(=O)C(C)N(c2ccc(F)cc2)C1=O. The third-order valence-corrected chi connectivity index (χ3v) is 4.21. The molecule has 1 aliphatic rings. The molecular weight excluding hydrogens is 325 g/mol. The molecule has 0 radical (unpaired) electrons. The number of halogens is 1. The number of imide groups is 1. The fourth-order valence-corrected chi connectivity index (χ4v) is 2.79. The van der Waals surface area contributed by atoms with Gasteiger partial charge >= 0.3 is 6.03 Å². The van der Waals surface area contributed by atoms with E-state index in [-0.39, 0.29) is 12.5 Å². The number of anilines is 1. The molecule has 6 nitrogen and oxygen atoms in total. The molecule has 7 heteroatoms. The molecule has 1 aromatic rings. The van der Waals surface area contributed by atoms with Gasteiger partial charge in [0.2, 0.25) is 5.91 Å². The number of rotatable bonds is 8. The molecule has 4 amide bonds. The molecule has 1 aromatic carbocycles. The van der Waals surface area contributed by atoms with Gasteiger partial charge in [-0.3, -0.25) is 19.4 Å². The van der Waals surface area contributed by atoms with Crippen LogP contribution >= 0.6 is 0 Å². The van der Waals surface area contributed by atoms with Crippen LogP contribution < -0.4 is 10.2 Å². The van der Waals surface area contributed by atoms with E-state index in [4.69, 9.17) is 0 Å². The number of carbonyl (C=O) groups is 3. The van der Waals surface area contributed by atoms with Gasteiger partial charge in [-0.2, -0.15) is 0 Å². The normalized spacial score (nSPS) is 17.3. The van der Waals surface area contributed by atoms with Crippen LogP contribution in [0.25, 0.3) is 0 Å². The Bertz CT molecular complexity index is 633. The van der Waals surface area contributed by atoms with Crippen LogP contribution in [-0.4, -0.2) is 41.9 Å². The molecule has 0 bridgehead atoms. The highest BCUT2D eigenvalue weighted by molar-refractivity contribution is 6.15. The maximum absolute atomic E-state index is 13.1. The Morgan fingerprint density at radius 3 is 2.48 bits per heavy atom. The number of urea groups is 1. The molecule has 136 valence electrons. The minimum atomic E-state index is -0.727. The Morgan fingerprint density at radius 2 is 1.84 bits per heavy atom. The molecule has 0 aliphatic carbocycles. The summed E-state index contributed by atoms with van der Waals surface area (Å²) in [5.41, 5.74) is 0.426. The average molecular weight is 349 g/mol. The molecule has 1 N–H and O–H groups in total. The van der Waals surface area contributed by atoms with Gasteiger partial charge in [-0.1, -0.05) is 26.2 Å². The Balaban J connectivity index is 1.95. The van der Waals surface area contributed by atoms with E-state index in [9.17, 15) is 18.8 Å². The van der Waals surface area contributed by atoms with Gasteiger partial charge in [-0.05, 0) is 37.6 Å². The number of benzene rings is 1. The summed E-state index contributed by atoms with van der Waals surface area (Å²) in [6.45, 7) is 3.93. The van der Waals surface area contributed by atoms with E-state index in [1.165, 1.54) is 29.2 Å². The fourth-order valence-electron chi connectivity index (χ4n) is 2.79. The predicted molar refractivity (Wildman–Crippen MR) is 92.6 cm³/mol. The van der Waals surface area contributed by atoms with E-state index in [0.717, 1.165) is 30.6 Å². The Labute approximate surface area is 147 Å². The molecule has 1 unspecified atom stereocenters. The van der Waals surface area contributed by atoms with Crippen LogP contribution in [0.2, 0.25) is 0 Å². The zero-order chi connectivity index (χ0) is 18.4. The highest BCUT2D eigenvalue weighted by Gasteiger charge is 2.43. The predicted octanol–water partition coefficient (Wildman–Crippen LogP) is 2.68. The summed E-state index contributed by atoms with van der Waals surface area (Å²) in [6.07, 6.45) is 4.14. The van der Waals surface area contributed by atoms with Gasteiger partial charge in [0.15, 0.2) is 0 Å². The average Bonchev–Trinajstić information content (AvgIpc) is 2.79. The number of amides is 4. The second kappa shape index (κ2) is 8.60. The topological polar surface area (TPSA) is 69.7 Å². The first-order valence-electron chi connectivity index (χ1n) is 8.62. The van der Waals surface area contributed by atoms with Gasteiger partial charge < -0.3 is 5.32 Å². The first-order valence-corrected chi connectivity index (χ1v) is 8.62. The smallest absolute Gasteiger partial charge is 0.332 e. The van der Waals surface area contributed by atoms with Gasteiger partial charge in [-0.15, -0.1) is 0 Å². The van der Waals surface area contributed by atoms with Gasteiger partial charge in [0.1, 0.15) is 18.4 Å². The lowest BCUT2D eigenvalue weighted by Gasteiger charge is -2.19. The van der Waals surface area contributed by atoms with Crippen molar-refractivity contribution in [3.05, 3.63) is 30.1 Å². The largest absolute Gasteiger partial charge is 0.355 e. The molecule has 1 heterocycles. The van der Waals surface area contributed by atoms with Crippen molar-refractivity contribution in [3.63, 3.8) is 0 Å². The Kier molecular flexibility index (Phi) is 6.50. The first kappa shape index (κ1) is 18.9. The van der Waals surface area contributed by atoms with E-state index in [0.29, 0.717) is 12.2 Å². The number of hydrogen-bond donors (Lipinski definition) is 1. The molecule has 1 aliphatic heterocycles. The second-order valence-electron chi connectivity index (χ2n) is 6.14. The fraction of sp³-hybridized carbons (Fsp3) is 0.500. The number of unbranched alkanes of at least 4 members (excludes halogenated alkanes) is 3. The molecule has 1 fully saturated rings. The van der Waals surface area contributed by atoms with Crippen molar-refractivity contribution in [1.29, 1.82) is 0 Å². The summed E-state index contributed by atoms with van der Waals surface area (Å²) in [7, 11) is 0. The molecule has 0 saturated carbocycles. The number of nitrogens with zero attached hydrogens (tertiary/aromatic N) is 2. The van der Waals surface area contributed by atoms with E-state index in [2.05, 4.69) is 12.2 Å². The van der Waals surface area contributed by atoms with Gasteiger partial charge in [0, 0.05) is 12.2 Å². The standard InChI is InChI=1S/C18H24FN3O3/c1-3-4-5-6-11-20-16(23)12-21-17(24)13(2)22(18(21)25)15-9-7-14(19)8-10-15/h7-10,13H,3-6,11-12H2,1-2H3,(H,20,23). The Hall–Kier alpha value is -2.44. The lowest BCUT2D eigenvalue weighted by molar-refractivity contribution is -0.131. The van der Waals surface area contributed by atoms with E-state index in [1.807, 2.05) is 0 Å². The van der Waals surface area contributed by atoms with Crippen molar-refractivity contribution in [2.45, 2.75) is 45.6 Å². The van der Waals surface area contributed by atoms with Crippen LogP contribution in [0.4, 0.5) is 14.9 Å². The third-order valence-electron chi connectivity index (χ3n) is 4.21. The quantitative estimate of drug-likeness (QED) is 0.579. The van der Waals surface area contributed by atoms with E-state index in [1.54, 1.807) is 6.92 Å². The molecule has 0 aromatic heterocycles. The summed E-state index contributed by atoms with van der Waals surface area (Å²) in [5, 5.41) is 2.73. The summed E-state index contributed by atoms with van der Waals surface area (Å²) >= 11 is 0. The maximum atomic E-state index is 13.1. The molecule has 0 spiro atoms.